The molecule has 1 aromatic carbocycles. The van der Waals surface area contributed by atoms with Crippen molar-refractivity contribution in [1.29, 1.82) is 0 Å². The van der Waals surface area contributed by atoms with Crippen molar-refractivity contribution in [3.05, 3.63) is 41.7 Å². The Morgan fingerprint density at radius 2 is 1.94 bits per heavy atom. The maximum absolute atomic E-state index is 11.9. The average molecular weight is 241 g/mol. The molecule has 1 atom stereocenters. The Morgan fingerprint density at radius 3 is 2.47 bits per heavy atom. The first-order valence-corrected chi connectivity index (χ1v) is 5.30. The first kappa shape index (κ1) is 11.9. The van der Waals surface area contributed by atoms with Gasteiger partial charge in [-0.1, -0.05) is 12.1 Å². The van der Waals surface area contributed by atoms with Crippen molar-refractivity contribution >= 4 is 0 Å². The zero-order valence-corrected chi connectivity index (χ0v) is 9.11. The van der Waals surface area contributed by atoms with Gasteiger partial charge in [-0.3, -0.25) is 0 Å². The highest BCUT2D eigenvalue weighted by Crippen LogP contribution is 2.25. The van der Waals surface area contributed by atoms with Gasteiger partial charge in [0.1, 0.15) is 11.5 Å². The molecule has 0 aliphatic carbocycles. The van der Waals surface area contributed by atoms with Crippen molar-refractivity contribution in [2.75, 3.05) is 6.61 Å². The number of nitrogens with two attached hydrogens (primary N) is 1. The third-order valence-electron chi connectivity index (χ3n) is 2.50. The number of hydrogen-bond donors (Lipinski definition) is 1. The Labute approximate surface area is 97.8 Å². The summed E-state index contributed by atoms with van der Waals surface area (Å²) < 4.78 is 33.5. The van der Waals surface area contributed by atoms with Crippen LogP contribution in [0.2, 0.25) is 0 Å². The fourth-order valence-corrected chi connectivity index (χ4v) is 1.67. The lowest BCUT2D eigenvalue weighted by atomic mass is 10.1. The molecular weight excluding hydrogens is 228 g/mol. The second-order valence-corrected chi connectivity index (χ2v) is 3.67. The van der Waals surface area contributed by atoms with E-state index in [-0.39, 0.29) is 11.8 Å². The normalized spacial score (nSPS) is 16.6. The molecule has 2 rings (SSSR count). The van der Waals surface area contributed by atoms with E-state index in [1.165, 1.54) is 12.1 Å². The predicted octanol–water partition coefficient (Wildman–Crippen LogP) is 2.59. The van der Waals surface area contributed by atoms with Crippen molar-refractivity contribution in [1.82, 2.24) is 0 Å². The fourth-order valence-electron chi connectivity index (χ4n) is 1.67. The predicted molar refractivity (Wildman–Crippen MR) is 58.7 cm³/mol. The largest absolute Gasteiger partial charge is 0.496 e. The minimum absolute atomic E-state index is 0.122. The molecule has 1 heterocycles. The summed E-state index contributed by atoms with van der Waals surface area (Å²) in [5.74, 6) is 0.852. The van der Waals surface area contributed by atoms with E-state index in [2.05, 4.69) is 4.74 Å². The van der Waals surface area contributed by atoms with Crippen molar-refractivity contribution in [2.45, 2.75) is 19.1 Å². The molecule has 0 radical (unpaired) electrons. The summed E-state index contributed by atoms with van der Waals surface area (Å²) in [6.45, 7) is -2.16. The molecule has 17 heavy (non-hydrogen) atoms. The van der Waals surface area contributed by atoms with Crippen LogP contribution in [0.15, 0.2) is 36.1 Å². The maximum atomic E-state index is 11.9. The van der Waals surface area contributed by atoms with Crippen LogP contribution in [0.4, 0.5) is 8.78 Å². The van der Waals surface area contributed by atoms with Gasteiger partial charge in [0.2, 0.25) is 0 Å². The van der Waals surface area contributed by atoms with E-state index in [1.807, 2.05) is 6.08 Å². The SMILES string of the molecule is NC(C1=CCCO1)c1ccc(OC(F)F)cc1. The van der Waals surface area contributed by atoms with Crippen LogP contribution in [-0.4, -0.2) is 13.2 Å². The Hall–Kier alpha value is -1.62. The summed E-state index contributed by atoms with van der Waals surface area (Å²) in [7, 11) is 0. The molecule has 5 heteroatoms. The lowest BCUT2D eigenvalue weighted by Crippen LogP contribution is -2.13. The molecule has 0 saturated carbocycles. The molecule has 3 nitrogen and oxygen atoms in total. The van der Waals surface area contributed by atoms with E-state index in [1.54, 1.807) is 12.1 Å². The minimum Gasteiger partial charge on any atom is -0.496 e. The molecule has 1 aromatic rings. The van der Waals surface area contributed by atoms with Gasteiger partial charge in [-0.25, -0.2) is 0 Å². The van der Waals surface area contributed by atoms with Gasteiger partial charge in [0.25, 0.3) is 0 Å². The zero-order chi connectivity index (χ0) is 12.3. The molecule has 1 aliphatic heterocycles. The Morgan fingerprint density at radius 1 is 1.24 bits per heavy atom. The number of alkyl halides is 2. The van der Waals surface area contributed by atoms with Crippen LogP contribution in [-0.2, 0) is 4.74 Å². The molecule has 0 bridgehead atoms. The van der Waals surface area contributed by atoms with Crippen molar-refractivity contribution in [3.8, 4) is 5.75 Å². The van der Waals surface area contributed by atoms with Crippen LogP contribution < -0.4 is 10.5 Å². The van der Waals surface area contributed by atoms with Crippen LogP contribution in [0.25, 0.3) is 0 Å². The smallest absolute Gasteiger partial charge is 0.387 e. The third-order valence-corrected chi connectivity index (χ3v) is 2.50. The Kier molecular flexibility index (Phi) is 3.58. The number of ether oxygens (including phenoxy) is 2. The third kappa shape index (κ3) is 2.94. The molecule has 92 valence electrons. The molecule has 0 saturated heterocycles. The lowest BCUT2D eigenvalue weighted by molar-refractivity contribution is -0.0498. The fraction of sp³-hybridized carbons (Fsp3) is 0.333. The van der Waals surface area contributed by atoms with Gasteiger partial charge in [-0.15, -0.1) is 0 Å². The van der Waals surface area contributed by atoms with Crippen molar-refractivity contribution in [2.24, 2.45) is 5.73 Å². The van der Waals surface area contributed by atoms with Crippen LogP contribution in [0.1, 0.15) is 18.0 Å². The number of hydrogen-bond acceptors (Lipinski definition) is 3. The van der Waals surface area contributed by atoms with Crippen molar-refractivity contribution in [3.63, 3.8) is 0 Å². The summed E-state index contributed by atoms with van der Waals surface area (Å²) in [4.78, 5) is 0. The van der Waals surface area contributed by atoms with E-state index in [9.17, 15) is 8.78 Å². The molecule has 0 fully saturated rings. The molecule has 0 spiro atoms. The summed E-state index contributed by atoms with van der Waals surface area (Å²) in [5, 5.41) is 0. The first-order valence-electron chi connectivity index (χ1n) is 5.30. The van der Waals surface area contributed by atoms with Gasteiger partial charge in [-0.2, -0.15) is 8.78 Å². The Bertz CT molecular complexity index is 403. The highest BCUT2D eigenvalue weighted by molar-refractivity contribution is 5.32. The van der Waals surface area contributed by atoms with Gasteiger partial charge in [0.15, 0.2) is 0 Å². The van der Waals surface area contributed by atoms with Crippen molar-refractivity contribution < 1.29 is 18.3 Å². The minimum atomic E-state index is -2.81. The molecule has 0 amide bonds. The molecular formula is C12H13F2NO2. The van der Waals surface area contributed by atoms with E-state index in [0.29, 0.717) is 6.61 Å². The summed E-state index contributed by atoms with van der Waals surface area (Å²) in [6, 6.07) is 5.90. The van der Waals surface area contributed by atoms with E-state index >= 15 is 0 Å². The molecule has 1 unspecified atom stereocenters. The quantitative estimate of drug-likeness (QED) is 0.881. The van der Waals surface area contributed by atoms with E-state index in [0.717, 1.165) is 17.7 Å². The Balaban J connectivity index is 2.06. The summed E-state index contributed by atoms with van der Waals surface area (Å²) >= 11 is 0. The van der Waals surface area contributed by atoms with E-state index < -0.39 is 6.61 Å². The van der Waals surface area contributed by atoms with Crippen LogP contribution in [0.5, 0.6) is 5.75 Å². The first-order chi connectivity index (χ1) is 8.16. The average Bonchev–Trinajstić information content (AvgIpc) is 2.82. The standard InChI is InChI=1S/C12H13F2NO2/c13-12(14)17-9-5-3-8(4-6-9)11(15)10-2-1-7-16-10/h2-6,11-12H,1,7,15H2. The van der Waals surface area contributed by atoms with Gasteiger partial charge >= 0.3 is 6.61 Å². The van der Waals surface area contributed by atoms with Crippen LogP contribution in [0.3, 0.4) is 0 Å². The summed E-state index contributed by atoms with van der Waals surface area (Å²) in [5.41, 5.74) is 6.77. The topological polar surface area (TPSA) is 44.5 Å². The van der Waals surface area contributed by atoms with Gasteiger partial charge in [-0.05, 0) is 23.8 Å². The summed E-state index contributed by atoms with van der Waals surface area (Å²) in [6.07, 6.45) is 2.80. The number of benzene rings is 1. The molecule has 2 N–H and O–H groups in total. The van der Waals surface area contributed by atoms with E-state index in [4.69, 9.17) is 10.5 Å². The molecule has 1 aliphatic rings. The maximum Gasteiger partial charge on any atom is 0.387 e. The van der Waals surface area contributed by atoms with Crippen LogP contribution >= 0.6 is 0 Å². The monoisotopic (exact) mass is 241 g/mol. The van der Waals surface area contributed by atoms with Gasteiger partial charge in [0, 0.05) is 6.42 Å². The molecule has 0 aromatic heterocycles. The number of rotatable bonds is 4. The second-order valence-electron chi connectivity index (χ2n) is 3.67. The van der Waals surface area contributed by atoms with Gasteiger partial charge < -0.3 is 15.2 Å². The van der Waals surface area contributed by atoms with Gasteiger partial charge in [0.05, 0.1) is 12.6 Å². The number of halogens is 2. The lowest BCUT2D eigenvalue weighted by Gasteiger charge is -2.14. The highest BCUT2D eigenvalue weighted by Gasteiger charge is 2.16. The zero-order valence-electron chi connectivity index (χ0n) is 9.11. The second kappa shape index (κ2) is 5.14. The highest BCUT2D eigenvalue weighted by atomic mass is 19.3. The van der Waals surface area contributed by atoms with Crippen LogP contribution in [0, 0.1) is 0 Å².